The maximum absolute atomic E-state index is 12.4. The molecule has 2 heterocycles. The van der Waals surface area contributed by atoms with E-state index >= 15 is 0 Å². The van der Waals surface area contributed by atoms with Crippen LogP contribution in [0.5, 0.6) is 0 Å². The fraction of sp³-hybridized carbons (Fsp3) is 0.643. The number of nitrogens with zero attached hydrogens (tertiary/aromatic N) is 3. The number of piperidine rings is 1. The van der Waals surface area contributed by atoms with Gasteiger partial charge in [0.2, 0.25) is 0 Å². The lowest BCUT2D eigenvalue weighted by molar-refractivity contribution is 0.0347. The van der Waals surface area contributed by atoms with Gasteiger partial charge in [0.05, 0.1) is 18.5 Å². The average molecular weight is 278 g/mol. The van der Waals surface area contributed by atoms with Crippen LogP contribution >= 0.6 is 0 Å². The van der Waals surface area contributed by atoms with Crippen LogP contribution in [-0.2, 0) is 4.74 Å². The zero-order valence-electron chi connectivity index (χ0n) is 12.1. The number of nitrogens with one attached hydrogen (secondary N) is 1. The summed E-state index contributed by atoms with van der Waals surface area (Å²) >= 11 is 0. The molecule has 1 aromatic rings. The molecule has 20 heavy (non-hydrogen) atoms. The summed E-state index contributed by atoms with van der Waals surface area (Å²) in [6.45, 7) is 4.33. The highest BCUT2D eigenvalue weighted by atomic mass is 16.5. The summed E-state index contributed by atoms with van der Waals surface area (Å²) in [6.07, 6.45) is 6.20. The Balaban J connectivity index is 1.98. The molecule has 1 amide bonds. The molecule has 0 aromatic carbocycles. The fourth-order valence-electron chi connectivity index (χ4n) is 2.26. The van der Waals surface area contributed by atoms with Crippen LogP contribution in [0.4, 0.5) is 5.82 Å². The highest BCUT2D eigenvalue weighted by Crippen LogP contribution is 2.15. The summed E-state index contributed by atoms with van der Waals surface area (Å²) in [7, 11) is 1.72. The SMILES string of the molecule is CCCNc1cncc(C(=O)N2CCC(OC)CC2)n1. The van der Waals surface area contributed by atoms with Crippen molar-refractivity contribution in [1.29, 1.82) is 0 Å². The second-order valence-corrected chi connectivity index (χ2v) is 4.94. The molecule has 1 fully saturated rings. The lowest BCUT2D eigenvalue weighted by Gasteiger charge is -2.30. The summed E-state index contributed by atoms with van der Waals surface area (Å²) in [5.41, 5.74) is 0.405. The van der Waals surface area contributed by atoms with Crippen molar-refractivity contribution < 1.29 is 9.53 Å². The molecule has 1 aliphatic heterocycles. The molecule has 2 rings (SSSR count). The van der Waals surface area contributed by atoms with Crippen LogP contribution < -0.4 is 5.32 Å². The molecular formula is C14H22N4O2. The fourth-order valence-corrected chi connectivity index (χ4v) is 2.26. The number of aromatic nitrogens is 2. The van der Waals surface area contributed by atoms with Gasteiger partial charge in [0.1, 0.15) is 11.5 Å². The minimum atomic E-state index is -0.0489. The van der Waals surface area contributed by atoms with Crippen molar-refractivity contribution in [3.05, 3.63) is 18.1 Å². The summed E-state index contributed by atoms with van der Waals surface area (Å²) in [5.74, 6) is 0.608. The first-order chi connectivity index (χ1) is 9.74. The monoisotopic (exact) mass is 278 g/mol. The number of anilines is 1. The number of amides is 1. The molecule has 0 radical (unpaired) electrons. The first-order valence-electron chi connectivity index (χ1n) is 7.12. The third-order valence-corrected chi connectivity index (χ3v) is 3.47. The predicted molar refractivity (Wildman–Crippen MR) is 76.7 cm³/mol. The standard InChI is InChI=1S/C14H22N4O2/c1-3-6-16-13-10-15-9-12(17-13)14(19)18-7-4-11(20-2)5-8-18/h9-11H,3-8H2,1-2H3,(H,16,17). The van der Waals surface area contributed by atoms with Crippen LogP contribution in [-0.4, -0.2) is 53.6 Å². The van der Waals surface area contributed by atoms with E-state index in [0.717, 1.165) is 25.8 Å². The Hall–Kier alpha value is -1.69. The van der Waals surface area contributed by atoms with Gasteiger partial charge in [-0.2, -0.15) is 0 Å². The van der Waals surface area contributed by atoms with Gasteiger partial charge in [0.25, 0.3) is 5.91 Å². The van der Waals surface area contributed by atoms with Gasteiger partial charge in [-0.15, -0.1) is 0 Å². The van der Waals surface area contributed by atoms with Gasteiger partial charge in [0, 0.05) is 26.7 Å². The van der Waals surface area contributed by atoms with Crippen molar-refractivity contribution in [2.45, 2.75) is 32.3 Å². The van der Waals surface area contributed by atoms with Crippen LogP contribution in [0.3, 0.4) is 0 Å². The maximum atomic E-state index is 12.4. The number of hydrogen-bond acceptors (Lipinski definition) is 5. The van der Waals surface area contributed by atoms with Crippen molar-refractivity contribution in [2.24, 2.45) is 0 Å². The van der Waals surface area contributed by atoms with Crippen molar-refractivity contribution >= 4 is 11.7 Å². The van der Waals surface area contributed by atoms with E-state index in [0.29, 0.717) is 24.6 Å². The first kappa shape index (κ1) is 14.7. The number of rotatable bonds is 5. The van der Waals surface area contributed by atoms with E-state index in [2.05, 4.69) is 22.2 Å². The lowest BCUT2D eigenvalue weighted by Crippen LogP contribution is -2.41. The average Bonchev–Trinajstić information content (AvgIpc) is 2.52. The number of hydrogen-bond donors (Lipinski definition) is 1. The molecule has 0 spiro atoms. The minimum absolute atomic E-state index is 0.0489. The molecule has 1 saturated heterocycles. The Bertz CT molecular complexity index is 445. The minimum Gasteiger partial charge on any atom is -0.381 e. The lowest BCUT2D eigenvalue weighted by atomic mass is 10.1. The Morgan fingerprint density at radius 3 is 2.85 bits per heavy atom. The van der Waals surface area contributed by atoms with Gasteiger partial charge in [0.15, 0.2) is 0 Å². The first-order valence-corrected chi connectivity index (χ1v) is 7.12. The maximum Gasteiger partial charge on any atom is 0.274 e. The van der Waals surface area contributed by atoms with Crippen LogP contribution in [0, 0.1) is 0 Å². The van der Waals surface area contributed by atoms with Gasteiger partial charge < -0.3 is 15.0 Å². The molecule has 1 N–H and O–H groups in total. The van der Waals surface area contributed by atoms with Gasteiger partial charge in [-0.1, -0.05) is 6.92 Å². The largest absolute Gasteiger partial charge is 0.381 e. The summed E-state index contributed by atoms with van der Waals surface area (Å²) in [6, 6.07) is 0. The molecule has 0 saturated carbocycles. The topological polar surface area (TPSA) is 67.4 Å². The van der Waals surface area contributed by atoms with Gasteiger partial charge in [-0.25, -0.2) is 4.98 Å². The van der Waals surface area contributed by atoms with Gasteiger partial charge >= 0.3 is 0 Å². The molecule has 1 aliphatic rings. The molecular weight excluding hydrogens is 256 g/mol. The van der Waals surface area contributed by atoms with Gasteiger partial charge in [-0.3, -0.25) is 9.78 Å². The number of likely N-dealkylation sites (tertiary alicyclic amines) is 1. The summed E-state index contributed by atoms with van der Waals surface area (Å²) in [5, 5.41) is 3.14. The number of carbonyl (C=O) groups is 1. The zero-order valence-corrected chi connectivity index (χ0v) is 12.1. The smallest absolute Gasteiger partial charge is 0.274 e. The van der Waals surface area contributed by atoms with E-state index in [1.54, 1.807) is 13.3 Å². The number of methoxy groups -OCH3 is 1. The second kappa shape index (κ2) is 7.19. The van der Waals surface area contributed by atoms with E-state index in [9.17, 15) is 4.79 Å². The highest BCUT2D eigenvalue weighted by Gasteiger charge is 2.24. The Morgan fingerprint density at radius 1 is 1.45 bits per heavy atom. The third-order valence-electron chi connectivity index (χ3n) is 3.47. The normalized spacial score (nSPS) is 16.2. The zero-order chi connectivity index (χ0) is 14.4. The quantitative estimate of drug-likeness (QED) is 0.885. The predicted octanol–water partition coefficient (Wildman–Crippen LogP) is 1.55. The molecule has 0 aliphatic carbocycles. The van der Waals surface area contributed by atoms with Crippen molar-refractivity contribution in [3.8, 4) is 0 Å². The van der Waals surface area contributed by atoms with E-state index in [1.165, 1.54) is 6.20 Å². The molecule has 6 heteroatoms. The van der Waals surface area contributed by atoms with Crippen LogP contribution in [0.2, 0.25) is 0 Å². The van der Waals surface area contributed by atoms with E-state index in [1.807, 2.05) is 4.90 Å². The van der Waals surface area contributed by atoms with Crippen LogP contribution in [0.15, 0.2) is 12.4 Å². The van der Waals surface area contributed by atoms with Crippen molar-refractivity contribution in [3.63, 3.8) is 0 Å². The Morgan fingerprint density at radius 2 is 2.20 bits per heavy atom. The number of ether oxygens (including phenoxy) is 1. The molecule has 1 aromatic heterocycles. The summed E-state index contributed by atoms with van der Waals surface area (Å²) < 4.78 is 5.31. The van der Waals surface area contributed by atoms with Crippen LogP contribution in [0.1, 0.15) is 36.7 Å². The molecule has 0 atom stereocenters. The van der Waals surface area contributed by atoms with Gasteiger partial charge in [-0.05, 0) is 19.3 Å². The van der Waals surface area contributed by atoms with Crippen LogP contribution in [0.25, 0.3) is 0 Å². The van der Waals surface area contributed by atoms with E-state index < -0.39 is 0 Å². The molecule has 6 nitrogen and oxygen atoms in total. The van der Waals surface area contributed by atoms with E-state index in [4.69, 9.17) is 4.74 Å². The van der Waals surface area contributed by atoms with E-state index in [-0.39, 0.29) is 12.0 Å². The molecule has 0 bridgehead atoms. The second-order valence-electron chi connectivity index (χ2n) is 4.94. The highest BCUT2D eigenvalue weighted by molar-refractivity contribution is 5.92. The Labute approximate surface area is 119 Å². The summed E-state index contributed by atoms with van der Waals surface area (Å²) in [4.78, 5) is 22.6. The third kappa shape index (κ3) is 3.66. The van der Waals surface area contributed by atoms with Crippen molar-refractivity contribution in [2.75, 3.05) is 32.1 Å². The molecule has 0 unspecified atom stereocenters. The van der Waals surface area contributed by atoms with Crippen molar-refractivity contribution in [1.82, 2.24) is 14.9 Å². The molecule has 110 valence electrons. The Kier molecular flexibility index (Phi) is 5.29. The number of carbonyl (C=O) groups excluding carboxylic acids is 1.